The maximum Gasteiger partial charge on any atom is 0.265 e. The molecule has 0 saturated heterocycles. The van der Waals surface area contributed by atoms with Gasteiger partial charge in [0.25, 0.3) is 5.91 Å². The molecule has 138 valence electrons. The second kappa shape index (κ2) is 7.18. The van der Waals surface area contributed by atoms with Crippen LogP contribution in [0.3, 0.4) is 0 Å². The Bertz CT molecular complexity index is 1020. The molecule has 2 N–H and O–H groups in total. The number of nitrogens with one attached hydrogen (secondary N) is 2. The Morgan fingerprint density at radius 2 is 1.96 bits per heavy atom. The van der Waals surface area contributed by atoms with Crippen LogP contribution in [0, 0.1) is 6.92 Å². The average molecular weight is 393 g/mol. The third-order valence-electron chi connectivity index (χ3n) is 3.88. The van der Waals surface area contributed by atoms with Crippen molar-refractivity contribution in [3.8, 4) is 0 Å². The number of anilines is 1. The van der Waals surface area contributed by atoms with Crippen LogP contribution in [0.4, 0.5) is 5.69 Å². The molecule has 7 nitrogen and oxygen atoms in total. The van der Waals surface area contributed by atoms with E-state index in [0.717, 1.165) is 22.3 Å². The van der Waals surface area contributed by atoms with E-state index in [1.807, 2.05) is 27.0 Å². The molecule has 0 radical (unpaired) electrons. The van der Waals surface area contributed by atoms with Crippen molar-refractivity contribution < 1.29 is 13.2 Å². The summed E-state index contributed by atoms with van der Waals surface area (Å²) >= 11 is 1.37. The molecule has 0 saturated carbocycles. The number of fused-ring (bicyclic) bond motifs is 1. The minimum Gasteiger partial charge on any atom is -0.321 e. The van der Waals surface area contributed by atoms with E-state index in [0.29, 0.717) is 17.1 Å². The molecule has 0 bridgehead atoms. The molecule has 0 atom stereocenters. The van der Waals surface area contributed by atoms with E-state index in [1.54, 1.807) is 16.8 Å². The summed E-state index contributed by atoms with van der Waals surface area (Å²) in [4.78, 5) is 14.2. The van der Waals surface area contributed by atoms with Crippen molar-refractivity contribution in [1.82, 2.24) is 14.5 Å². The predicted molar refractivity (Wildman–Crippen MR) is 103 cm³/mol. The van der Waals surface area contributed by atoms with Crippen LogP contribution in [0.15, 0.2) is 35.2 Å². The van der Waals surface area contributed by atoms with Gasteiger partial charge in [-0.2, -0.15) is 5.10 Å². The number of aryl methyl sites for hydroxylation is 2. The fourth-order valence-electron chi connectivity index (χ4n) is 2.55. The number of carbonyl (C=O) groups excluding carboxylic acids is 1. The van der Waals surface area contributed by atoms with Crippen LogP contribution in [-0.4, -0.2) is 30.7 Å². The van der Waals surface area contributed by atoms with Gasteiger partial charge in [-0.15, -0.1) is 11.3 Å². The summed E-state index contributed by atoms with van der Waals surface area (Å²) in [5, 5.41) is 8.08. The van der Waals surface area contributed by atoms with E-state index < -0.39 is 10.0 Å². The summed E-state index contributed by atoms with van der Waals surface area (Å²) < 4.78 is 28.4. The van der Waals surface area contributed by atoms with Crippen molar-refractivity contribution in [1.29, 1.82) is 0 Å². The van der Waals surface area contributed by atoms with Crippen molar-refractivity contribution in [3.05, 3.63) is 40.9 Å². The molecule has 1 aromatic carbocycles. The second-order valence-corrected chi connectivity index (χ2v) is 8.71. The second-order valence-electron chi connectivity index (χ2n) is 5.91. The first-order valence-corrected chi connectivity index (χ1v) is 10.5. The quantitative estimate of drug-likeness (QED) is 0.675. The zero-order chi connectivity index (χ0) is 18.9. The minimum atomic E-state index is -3.51. The smallest absolute Gasteiger partial charge is 0.265 e. The molecule has 2 heterocycles. The number of benzene rings is 1. The first-order chi connectivity index (χ1) is 12.3. The van der Waals surface area contributed by atoms with Crippen LogP contribution in [-0.2, 0) is 17.1 Å². The molecule has 0 unspecified atom stereocenters. The number of hydrogen-bond donors (Lipinski definition) is 2. The van der Waals surface area contributed by atoms with E-state index in [1.165, 1.54) is 23.5 Å². The van der Waals surface area contributed by atoms with Gasteiger partial charge in [0.2, 0.25) is 10.0 Å². The van der Waals surface area contributed by atoms with Gasteiger partial charge in [0.1, 0.15) is 4.83 Å². The molecule has 0 fully saturated rings. The summed E-state index contributed by atoms with van der Waals surface area (Å²) in [5.74, 6) is -0.231. The Morgan fingerprint density at radius 1 is 1.27 bits per heavy atom. The molecule has 3 aromatic rings. The predicted octanol–water partition coefficient (Wildman–Crippen LogP) is 2.88. The van der Waals surface area contributed by atoms with Gasteiger partial charge in [0.15, 0.2) is 0 Å². The van der Waals surface area contributed by atoms with Gasteiger partial charge in [0.05, 0.1) is 15.5 Å². The van der Waals surface area contributed by atoms with Crippen LogP contribution in [0.5, 0.6) is 0 Å². The minimum absolute atomic E-state index is 0.174. The Kier molecular flexibility index (Phi) is 5.12. The Hall–Kier alpha value is -2.23. The molecule has 9 heteroatoms. The number of hydrogen-bond acceptors (Lipinski definition) is 5. The van der Waals surface area contributed by atoms with Crippen LogP contribution in [0.25, 0.3) is 10.2 Å². The first kappa shape index (κ1) is 18.6. The van der Waals surface area contributed by atoms with Crippen molar-refractivity contribution >= 4 is 43.2 Å². The van der Waals surface area contributed by atoms with Crippen LogP contribution >= 0.6 is 11.3 Å². The van der Waals surface area contributed by atoms with E-state index >= 15 is 0 Å². The van der Waals surface area contributed by atoms with Gasteiger partial charge in [-0.1, -0.05) is 6.92 Å². The van der Waals surface area contributed by atoms with Gasteiger partial charge >= 0.3 is 0 Å². The number of sulfonamides is 1. The monoisotopic (exact) mass is 392 g/mol. The molecule has 26 heavy (non-hydrogen) atoms. The number of carbonyl (C=O) groups is 1. The summed E-state index contributed by atoms with van der Waals surface area (Å²) in [7, 11) is -1.66. The molecular formula is C17H20N4O3S2. The van der Waals surface area contributed by atoms with E-state index in [-0.39, 0.29) is 10.8 Å². The number of aromatic nitrogens is 2. The molecule has 0 aliphatic carbocycles. The highest BCUT2D eigenvalue weighted by atomic mass is 32.2. The standard InChI is InChI=1S/C17H20N4O3S2/c1-4-9-18-26(23,24)13-7-5-12(6-8-13)19-16(22)15-10-14-11(2)20-21(3)17(14)25-15/h5-8,10,18H,4,9H2,1-3H3,(H,19,22). The third-order valence-corrected chi connectivity index (χ3v) is 6.56. The van der Waals surface area contributed by atoms with E-state index in [4.69, 9.17) is 0 Å². The lowest BCUT2D eigenvalue weighted by atomic mass is 10.3. The van der Waals surface area contributed by atoms with Crippen molar-refractivity contribution in [2.45, 2.75) is 25.2 Å². The highest BCUT2D eigenvalue weighted by molar-refractivity contribution is 7.89. The molecule has 0 aliphatic rings. The number of nitrogens with zero attached hydrogens (tertiary/aromatic N) is 2. The summed E-state index contributed by atoms with van der Waals surface area (Å²) in [6.07, 6.45) is 0.720. The maximum absolute atomic E-state index is 12.5. The SMILES string of the molecule is CCCNS(=O)(=O)c1ccc(NC(=O)c2cc3c(C)nn(C)c3s2)cc1. The molecule has 1 amide bonds. The molecule has 0 spiro atoms. The zero-order valence-electron chi connectivity index (χ0n) is 14.7. The Balaban J connectivity index is 1.75. The first-order valence-electron chi connectivity index (χ1n) is 8.16. The highest BCUT2D eigenvalue weighted by Gasteiger charge is 2.16. The topological polar surface area (TPSA) is 93.1 Å². The lowest BCUT2D eigenvalue weighted by Gasteiger charge is -2.07. The van der Waals surface area contributed by atoms with E-state index in [9.17, 15) is 13.2 Å². The normalized spacial score (nSPS) is 11.8. The van der Waals surface area contributed by atoms with E-state index in [2.05, 4.69) is 15.1 Å². The van der Waals surface area contributed by atoms with Gasteiger partial charge in [0, 0.05) is 24.7 Å². The van der Waals surface area contributed by atoms with Crippen molar-refractivity contribution in [2.75, 3.05) is 11.9 Å². The fourth-order valence-corrected chi connectivity index (χ4v) is 4.70. The summed E-state index contributed by atoms with van der Waals surface area (Å²) in [5.41, 5.74) is 1.42. The van der Waals surface area contributed by atoms with Crippen molar-refractivity contribution in [2.24, 2.45) is 7.05 Å². The van der Waals surface area contributed by atoms with Crippen LogP contribution in [0.2, 0.25) is 0 Å². The third kappa shape index (κ3) is 3.64. The zero-order valence-corrected chi connectivity index (χ0v) is 16.4. The molecule has 3 rings (SSSR count). The highest BCUT2D eigenvalue weighted by Crippen LogP contribution is 2.28. The summed E-state index contributed by atoms with van der Waals surface area (Å²) in [6, 6.07) is 7.95. The van der Waals surface area contributed by atoms with Crippen molar-refractivity contribution in [3.63, 3.8) is 0 Å². The molecular weight excluding hydrogens is 372 g/mol. The average Bonchev–Trinajstić information content (AvgIpc) is 3.16. The summed E-state index contributed by atoms with van der Waals surface area (Å²) in [6.45, 7) is 4.19. The Labute approximate surface area is 156 Å². The van der Waals surface area contributed by atoms with Gasteiger partial charge in [-0.05, 0) is 43.7 Å². The number of rotatable bonds is 6. The van der Waals surface area contributed by atoms with Crippen LogP contribution in [0.1, 0.15) is 28.7 Å². The van der Waals surface area contributed by atoms with Gasteiger partial charge < -0.3 is 5.32 Å². The van der Waals surface area contributed by atoms with Gasteiger partial charge in [-0.25, -0.2) is 13.1 Å². The molecule has 0 aliphatic heterocycles. The number of amides is 1. The number of thiophene rings is 1. The lowest BCUT2D eigenvalue weighted by Crippen LogP contribution is -2.24. The largest absolute Gasteiger partial charge is 0.321 e. The Morgan fingerprint density at radius 3 is 2.58 bits per heavy atom. The lowest BCUT2D eigenvalue weighted by molar-refractivity contribution is 0.103. The fraction of sp³-hybridized carbons (Fsp3) is 0.294. The maximum atomic E-state index is 12.5. The van der Waals surface area contributed by atoms with Crippen LogP contribution < -0.4 is 10.0 Å². The van der Waals surface area contributed by atoms with Gasteiger partial charge in [-0.3, -0.25) is 9.48 Å². The molecule has 2 aromatic heterocycles.